The van der Waals surface area contributed by atoms with Gasteiger partial charge in [-0.3, -0.25) is 4.79 Å². The fourth-order valence-electron chi connectivity index (χ4n) is 2.82. The minimum Gasteiger partial charge on any atom is -0.481 e. The van der Waals surface area contributed by atoms with Crippen molar-refractivity contribution in [3.63, 3.8) is 0 Å². The number of hydrogen-bond acceptors (Lipinski definition) is 4. The van der Waals surface area contributed by atoms with Crippen molar-refractivity contribution in [3.8, 4) is 0 Å². The lowest BCUT2D eigenvalue weighted by atomic mass is 10.0. The Balaban J connectivity index is 1.87. The molecule has 1 heterocycles. The Morgan fingerprint density at radius 1 is 1.36 bits per heavy atom. The van der Waals surface area contributed by atoms with E-state index in [1.54, 1.807) is 6.07 Å². The SMILES string of the molecule is O=C(O)CSCCCCN1C(=O)NC[C@@H]1C=CC(O)C(F)(F)c1ccccc1. The zero-order valence-corrected chi connectivity index (χ0v) is 16.1. The number of aliphatic hydroxyl groups is 1. The Labute approximate surface area is 166 Å². The number of carbonyl (C=O) groups is 2. The van der Waals surface area contributed by atoms with Gasteiger partial charge in [-0.2, -0.15) is 20.5 Å². The first-order chi connectivity index (χ1) is 13.3. The Morgan fingerprint density at radius 3 is 2.75 bits per heavy atom. The molecule has 1 aromatic rings. The van der Waals surface area contributed by atoms with Crippen LogP contribution in [0.2, 0.25) is 0 Å². The molecule has 0 radical (unpaired) electrons. The molecule has 2 amide bonds. The summed E-state index contributed by atoms with van der Waals surface area (Å²) in [6.45, 7) is 0.715. The van der Waals surface area contributed by atoms with E-state index in [4.69, 9.17) is 5.11 Å². The summed E-state index contributed by atoms with van der Waals surface area (Å²) in [6, 6.07) is 6.40. The molecule has 1 unspecified atom stereocenters. The van der Waals surface area contributed by atoms with Gasteiger partial charge in [0, 0.05) is 18.7 Å². The van der Waals surface area contributed by atoms with Gasteiger partial charge >= 0.3 is 17.9 Å². The monoisotopic (exact) mass is 414 g/mol. The van der Waals surface area contributed by atoms with Crippen LogP contribution in [-0.2, 0) is 10.7 Å². The van der Waals surface area contributed by atoms with E-state index in [1.807, 2.05) is 0 Å². The summed E-state index contributed by atoms with van der Waals surface area (Å²) >= 11 is 1.31. The molecule has 0 saturated carbocycles. The number of aliphatic hydroxyl groups excluding tert-OH is 1. The van der Waals surface area contributed by atoms with Crippen LogP contribution < -0.4 is 5.32 Å². The topological polar surface area (TPSA) is 89.9 Å². The van der Waals surface area contributed by atoms with Gasteiger partial charge in [0.1, 0.15) is 6.10 Å². The molecule has 1 aliphatic heterocycles. The molecule has 154 valence electrons. The molecular weight excluding hydrogens is 390 g/mol. The highest BCUT2D eigenvalue weighted by Gasteiger charge is 2.39. The second-order valence-electron chi connectivity index (χ2n) is 6.42. The number of benzene rings is 1. The fraction of sp³-hybridized carbons (Fsp3) is 0.474. The van der Waals surface area contributed by atoms with Crippen molar-refractivity contribution in [2.45, 2.75) is 30.9 Å². The third-order valence-electron chi connectivity index (χ3n) is 4.33. The first-order valence-electron chi connectivity index (χ1n) is 8.96. The normalized spacial score (nSPS) is 18.5. The minimum absolute atomic E-state index is 0.0447. The van der Waals surface area contributed by atoms with Crippen molar-refractivity contribution in [1.29, 1.82) is 0 Å². The number of halogens is 2. The Kier molecular flexibility index (Phi) is 8.25. The van der Waals surface area contributed by atoms with Crippen molar-refractivity contribution >= 4 is 23.8 Å². The van der Waals surface area contributed by atoms with Gasteiger partial charge in [-0.1, -0.05) is 42.5 Å². The molecule has 6 nitrogen and oxygen atoms in total. The third-order valence-corrected chi connectivity index (χ3v) is 5.36. The largest absolute Gasteiger partial charge is 0.481 e. The van der Waals surface area contributed by atoms with Crippen LogP contribution in [0, 0.1) is 0 Å². The van der Waals surface area contributed by atoms with E-state index in [2.05, 4.69) is 5.32 Å². The van der Waals surface area contributed by atoms with Crippen LogP contribution in [0.1, 0.15) is 18.4 Å². The van der Waals surface area contributed by atoms with Gasteiger partial charge in [0.2, 0.25) is 0 Å². The van der Waals surface area contributed by atoms with Gasteiger partial charge in [0.25, 0.3) is 0 Å². The highest BCUT2D eigenvalue weighted by molar-refractivity contribution is 7.99. The molecule has 1 aliphatic rings. The highest BCUT2D eigenvalue weighted by Crippen LogP contribution is 2.32. The maximum absolute atomic E-state index is 14.3. The fourth-order valence-corrected chi connectivity index (χ4v) is 3.55. The van der Waals surface area contributed by atoms with E-state index in [-0.39, 0.29) is 23.9 Å². The van der Waals surface area contributed by atoms with Crippen molar-refractivity contribution in [2.75, 3.05) is 24.6 Å². The van der Waals surface area contributed by atoms with E-state index >= 15 is 0 Å². The van der Waals surface area contributed by atoms with E-state index in [9.17, 15) is 23.5 Å². The number of carboxylic acids is 1. The average Bonchev–Trinajstić information content (AvgIpc) is 3.02. The van der Waals surface area contributed by atoms with Crippen molar-refractivity contribution in [3.05, 3.63) is 48.0 Å². The Morgan fingerprint density at radius 2 is 2.07 bits per heavy atom. The molecule has 28 heavy (non-hydrogen) atoms. The summed E-state index contributed by atoms with van der Waals surface area (Å²) in [6.07, 6.45) is 1.88. The first kappa shape index (κ1) is 22.2. The maximum atomic E-state index is 14.3. The molecule has 0 aromatic heterocycles. The second-order valence-corrected chi connectivity index (χ2v) is 7.52. The number of hydrogen-bond donors (Lipinski definition) is 3. The molecule has 0 aliphatic carbocycles. The summed E-state index contributed by atoms with van der Waals surface area (Å²) in [5.74, 6) is -3.58. The van der Waals surface area contributed by atoms with Gasteiger partial charge < -0.3 is 20.4 Å². The number of unbranched alkanes of at least 4 members (excludes halogenated alkanes) is 1. The number of carboxylic acid groups (broad SMARTS) is 1. The Hall–Kier alpha value is -2.13. The average molecular weight is 414 g/mol. The number of carbonyl (C=O) groups excluding carboxylic acids is 1. The number of thioether (sulfide) groups is 1. The predicted octanol–water partition coefficient (Wildman–Crippen LogP) is 2.69. The van der Waals surface area contributed by atoms with E-state index in [0.717, 1.165) is 12.5 Å². The number of urea groups is 1. The standard InChI is InChI=1S/C19H24F2N2O4S/c20-19(21,14-6-2-1-3-7-14)16(24)9-8-15-12-22-18(27)23(15)10-4-5-11-28-13-17(25)26/h1-3,6-9,15-16,24H,4-5,10-13H2,(H,22,27)(H,25,26)/t15-,16?/m0/s1. The molecule has 1 saturated heterocycles. The molecule has 1 aromatic carbocycles. The van der Waals surface area contributed by atoms with E-state index in [1.165, 1.54) is 47.0 Å². The summed E-state index contributed by atoms with van der Waals surface area (Å²) in [7, 11) is 0. The van der Waals surface area contributed by atoms with Gasteiger partial charge in [-0.05, 0) is 18.6 Å². The minimum atomic E-state index is -3.43. The second kappa shape index (κ2) is 10.4. The number of nitrogens with one attached hydrogen (secondary N) is 1. The third kappa shape index (κ3) is 6.20. The van der Waals surface area contributed by atoms with Crippen LogP contribution in [0.5, 0.6) is 0 Å². The number of alkyl halides is 2. The maximum Gasteiger partial charge on any atom is 0.318 e. The molecule has 2 rings (SSSR count). The van der Waals surface area contributed by atoms with Crippen molar-refractivity contribution in [2.24, 2.45) is 0 Å². The molecule has 3 N–H and O–H groups in total. The lowest BCUT2D eigenvalue weighted by molar-refractivity contribution is -0.133. The zero-order valence-electron chi connectivity index (χ0n) is 15.3. The summed E-state index contributed by atoms with van der Waals surface area (Å²) in [5.41, 5.74) is -0.275. The van der Waals surface area contributed by atoms with Crippen LogP contribution in [-0.4, -0.2) is 63.9 Å². The van der Waals surface area contributed by atoms with E-state index in [0.29, 0.717) is 18.7 Å². The van der Waals surface area contributed by atoms with Gasteiger partial charge in [-0.25, -0.2) is 4.79 Å². The lowest BCUT2D eigenvalue weighted by Crippen LogP contribution is -2.35. The van der Waals surface area contributed by atoms with Crippen molar-refractivity contribution in [1.82, 2.24) is 10.2 Å². The van der Waals surface area contributed by atoms with Crippen LogP contribution in [0.3, 0.4) is 0 Å². The molecule has 0 bridgehead atoms. The predicted molar refractivity (Wildman–Crippen MR) is 104 cm³/mol. The molecular formula is C19H24F2N2O4S. The van der Waals surface area contributed by atoms with Crippen LogP contribution in [0.25, 0.3) is 0 Å². The van der Waals surface area contributed by atoms with Gasteiger partial charge in [0.05, 0.1) is 11.8 Å². The lowest BCUT2D eigenvalue weighted by Gasteiger charge is -2.23. The van der Waals surface area contributed by atoms with Gasteiger partial charge in [-0.15, -0.1) is 0 Å². The molecule has 1 fully saturated rings. The number of nitrogens with zero attached hydrogens (tertiary/aromatic N) is 1. The first-order valence-corrected chi connectivity index (χ1v) is 10.1. The smallest absolute Gasteiger partial charge is 0.318 e. The molecule has 9 heteroatoms. The number of amides is 2. The van der Waals surface area contributed by atoms with Gasteiger partial charge in [0.15, 0.2) is 0 Å². The summed E-state index contributed by atoms with van der Waals surface area (Å²) in [5, 5.41) is 21.2. The zero-order chi connectivity index (χ0) is 20.6. The number of rotatable bonds is 11. The Bertz CT molecular complexity index is 688. The van der Waals surface area contributed by atoms with E-state index < -0.39 is 24.0 Å². The van der Waals surface area contributed by atoms with Crippen molar-refractivity contribution < 1.29 is 28.6 Å². The van der Waals surface area contributed by atoms with Crippen LogP contribution >= 0.6 is 11.8 Å². The molecule has 2 atom stereocenters. The summed E-state index contributed by atoms with van der Waals surface area (Å²) < 4.78 is 28.7. The van der Waals surface area contributed by atoms with Crippen LogP contribution in [0.4, 0.5) is 13.6 Å². The number of aliphatic carboxylic acids is 1. The van der Waals surface area contributed by atoms with Crippen LogP contribution in [0.15, 0.2) is 42.5 Å². The quantitative estimate of drug-likeness (QED) is 0.383. The molecule has 0 spiro atoms. The summed E-state index contributed by atoms with van der Waals surface area (Å²) in [4.78, 5) is 23.9. The highest BCUT2D eigenvalue weighted by atomic mass is 32.2.